The van der Waals surface area contributed by atoms with Crippen LogP contribution in [0.4, 0.5) is 11.4 Å². The Labute approximate surface area is 234 Å². The number of carbonyl (C=O) groups is 1. The van der Waals surface area contributed by atoms with Crippen molar-refractivity contribution in [3.63, 3.8) is 0 Å². The molecule has 0 atom stereocenters. The van der Waals surface area contributed by atoms with Gasteiger partial charge in [-0.3, -0.25) is 4.79 Å². The quantitative estimate of drug-likeness (QED) is 0.233. The number of hydrogen-bond acceptors (Lipinski definition) is 4. The van der Waals surface area contributed by atoms with E-state index in [0.29, 0.717) is 12.1 Å². The van der Waals surface area contributed by atoms with Crippen molar-refractivity contribution < 1.29 is 9.53 Å². The van der Waals surface area contributed by atoms with Crippen LogP contribution in [0.5, 0.6) is 5.75 Å². The van der Waals surface area contributed by atoms with Crippen molar-refractivity contribution >= 4 is 72.2 Å². The molecule has 0 saturated carbocycles. The molecule has 1 aliphatic heterocycles. The molecule has 4 aromatic rings. The number of likely N-dealkylation sites (N-methyl/N-ethyl adjacent to an activating group) is 1. The van der Waals surface area contributed by atoms with Crippen LogP contribution in [0.15, 0.2) is 75.7 Å². The van der Waals surface area contributed by atoms with E-state index >= 15 is 0 Å². The molecule has 0 saturated heterocycles. The predicted molar refractivity (Wildman–Crippen MR) is 160 cm³/mol. The molecule has 0 aliphatic carbocycles. The summed E-state index contributed by atoms with van der Waals surface area (Å²) in [6.07, 6.45) is 3.94. The van der Waals surface area contributed by atoms with Gasteiger partial charge in [-0.05, 0) is 80.1 Å². The molecule has 5 nitrogen and oxygen atoms in total. The number of fused-ring (bicyclic) bond motifs is 2. The summed E-state index contributed by atoms with van der Waals surface area (Å²) < 4.78 is 7.09. The van der Waals surface area contributed by atoms with Crippen LogP contribution in [-0.4, -0.2) is 37.1 Å². The fraction of sp³-hybridized carbons (Fsp3) is 0.200. The Balaban J connectivity index is 1.61. The lowest BCUT2D eigenvalue weighted by Gasteiger charge is -2.47. The van der Waals surface area contributed by atoms with Crippen molar-refractivity contribution in [3.8, 4) is 5.75 Å². The number of nitrogens with zero attached hydrogens (tertiary/aromatic N) is 3. The number of rotatable bonds is 4. The third-order valence-corrected chi connectivity index (χ3v) is 7.86. The van der Waals surface area contributed by atoms with E-state index in [1.807, 2.05) is 77.7 Å². The second-order valence-corrected chi connectivity index (χ2v) is 11.6. The number of pyridine rings is 1. The lowest BCUT2D eigenvalue weighted by Crippen LogP contribution is -2.56. The molecular weight excluding hydrogens is 594 g/mol. The molecule has 1 amide bonds. The smallest absolute Gasteiger partial charge is 0.259 e. The number of ether oxygens (including phenoxy) is 1. The molecule has 2 heterocycles. The number of hydrogen-bond donors (Lipinski definition) is 0. The average molecular weight is 621 g/mol. The second-order valence-electron chi connectivity index (χ2n) is 9.76. The minimum atomic E-state index is -0.239. The highest BCUT2D eigenvalue weighted by Crippen LogP contribution is 2.41. The van der Waals surface area contributed by atoms with Crippen molar-refractivity contribution in [2.75, 3.05) is 30.5 Å². The van der Waals surface area contributed by atoms with E-state index in [1.54, 1.807) is 7.11 Å². The summed E-state index contributed by atoms with van der Waals surface area (Å²) in [6, 6.07) is 21.7. The standard InChI is InChI=1S/C30H27Br2N3O2/c1-30(2)18-35(28-16-21(32)9-14-27(28)34(30)3)29(36)25-17-22(33-26-13-8-20(31)15-24(25)26)10-5-19-6-11-23(37-4)12-7-19/h5-17H,18H2,1-4H3/b10-5-. The topological polar surface area (TPSA) is 45.7 Å². The van der Waals surface area contributed by atoms with E-state index in [-0.39, 0.29) is 11.4 Å². The van der Waals surface area contributed by atoms with Crippen molar-refractivity contribution in [2.24, 2.45) is 0 Å². The normalized spacial score (nSPS) is 14.8. The van der Waals surface area contributed by atoms with Gasteiger partial charge in [-0.1, -0.05) is 50.1 Å². The highest BCUT2D eigenvalue weighted by molar-refractivity contribution is 9.10. The zero-order valence-corrected chi connectivity index (χ0v) is 24.3. The van der Waals surface area contributed by atoms with E-state index < -0.39 is 0 Å². The molecule has 3 aromatic carbocycles. The first-order valence-electron chi connectivity index (χ1n) is 11.9. The van der Waals surface area contributed by atoms with E-state index in [2.05, 4.69) is 63.7 Å². The highest BCUT2D eigenvalue weighted by Gasteiger charge is 2.38. The first-order valence-corrected chi connectivity index (χ1v) is 13.5. The van der Waals surface area contributed by atoms with Crippen LogP contribution in [0, 0.1) is 0 Å². The number of anilines is 2. The van der Waals surface area contributed by atoms with Gasteiger partial charge in [0.25, 0.3) is 5.91 Å². The summed E-state index contributed by atoms with van der Waals surface area (Å²) in [6.45, 7) is 4.87. The summed E-state index contributed by atoms with van der Waals surface area (Å²) in [5.41, 5.74) is 4.79. The fourth-order valence-electron chi connectivity index (χ4n) is 4.60. The van der Waals surface area contributed by atoms with Gasteiger partial charge in [0.15, 0.2) is 0 Å². The van der Waals surface area contributed by atoms with Crippen LogP contribution in [0.25, 0.3) is 23.1 Å². The van der Waals surface area contributed by atoms with Gasteiger partial charge in [0, 0.05) is 27.9 Å². The first-order chi connectivity index (χ1) is 17.7. The van der Waals surface area contributed by atoms with Crippen molar-refractivity contribution in [1.29, 1.82) is 0 Å². The number of methoxy groups -OCH3 is 1. The van der Waals surface area contributed by atoms with Gasteiger partial charge in [-0.2, -0.15) is 0 Å². The Morgan fingerprint density at radius 3 is 2.38 bits per heavy atom. The Kier molecular flexibility index (Phi) is 6.86. The zero-order chi connectivity index (χ0) is 26.3. The Hall–Kier alpha value is -3.16. The summed E-state index contributed by atoms with van der Waals surface area (Å²) >= 11 is 7.17. The molecule has 7 heteroatoms. The van der Waals surface area contributed by atoms with E-state index in [9.17, 15) is 4.79 Å². The third kappa shape index (κ3) is 5.03. The van der Waals surface area contributed by atoms with Crippen molar-refractivity contribution in [1.82, 2.24) is 4.98 Å². The van der Waals surface area contributed by atoms with Crippen LogP contribution in [0.2, 0.25) is 0 Å². The molecule has 37 heavy (non-hydrogen) atoms. The Morgan fingerprint density at radius 2 is 1.65 bits per heavy atom. The monoisotopic (exact) mass is 619 g/mol. The van der Waals surface area contributed by atoms with E-state index in [1.165, 1.54) is 0 Å². The maximum Gasteiger partial charge on any atom is 0.259 e. The van der Waals surface area contributed by atoms with Crippen LogP contribution >= 0.6 is 31.9 Å². The fourth-order valence-corrected chi connectivity index (χ4v) is 5.31. The van der Waals surface area contributed by atoms with Crippen molar-refractivity contribution in [3.05, 3.63) is 92.5 Å². The lowest BCUT2D eigenvalue weighted by molar-refractivity contribution is 0.0981. The minimum Gasteiger partial charge on any atom is -0.497 e. The highest BCUT2D eigenvalue weighted by atomic mass is 79.9. The SMILES string of the molecule is COc1ccc(/C=C\c2cc(C(=O)N3CC(C)(C)N(C)c4ccc(Br)cc43)c3cc(Br)ccc3n2)cc1. The molecule has 0 bridgehead atoms. The maximum atomic E-state index is 14.3. The van der Waals surface area contributed by atoms with Crippen LogP contribution in [0.1, 0.15) is 35.5 Å². The molecule has 5 rings (SSSR count). The molecule has 1 aliphatic rings. The Morgan fingerprint density at radius 1 is 0.946 bits per heavy atom. The molecule has 0 unspecified atom stereocenters. The predicted octanol–water partition coefficient (Wildman–Crippen LogP) is 7.81. The summed E-state index contributed by atoms with van der Waals surface area (Å²) in [5.74, 6) is 0.756. The summed E-state index contributed by atoms with van der Waals surface area (Å²) in [5, 5.41) is 0.814. The van der Waals surface area contributed by atoms with Crippen LogP contribution in [-0.2, 0) is 0 Å². The van der Waals surface area contributed by atoms with Gasteiger partial charge >= 0.3 is 0 Å². The van der Waals surface area contributed by atoms with Crippen molar-refractivity contribution in [2.45, 2.75) is 19.4 Å². The van der Waals surface area contributed by atoms with Crippen LogP contribution in [0.3, 0.4) is 0 Å². The second kappa shape index (κ2) is 9.95. The number of carbonyl (C=O) groups excluding carboxylic acids is 1. The third-order valence-electron chi connectivity index (χ3n) is 6.87. The van der Waals surface area contributed by atoms with Gasteiger partial charge in [0.05, 0.1) is 40.8 Å². The van der Waals surface area contributed by atoms with Gasteiger partial charge in [-0.15, -0.1) is 0 Å². The molecule has 1 aromatic heterocycles. The van der Waals surface area contributed by atoms with Crippen LogP contribution < -0.4 is 14.5 Å². The largest absolute Gasteiger partial charge is 0.497 e. The maximum absolute atomic E-state index is 14.3. The molecule has 0 fully saturated rings. The van der Waals surface area contributed by atoms with Gasteiger partial charge in [0.1, 0.15) is 5.75 Å². The first kappa shape index (κ1) is 25.5. The van der Waals surface area contributed by atoms with Gasteiger partial charge in [-0.25, -0.2) is 4.98 Å². The molecular formula is C30H27Br2N3O2. The molecule has 0 spiro atoms. The average Bonchev–Trinajstić information content (AvgIpc) is 2.89. The number of amides is 1. The number of aromatic nitrogens is 1. The summed E-state index contributed by atoms with van der Waals surface area (Å²) in [7, 11) is 3.73. The van der Waals surface area contributed by atoms with Gasteiger partial charge in [0.2, 0.25) is 0 Å². The number of halogens is 2. The summed E-state index contributed by atoms with van der Waals surface area (Å²) in [4.78, 5) is 23.3. The van der Waals surface area contributed by atoms with Gasteiger partial charge < -0.3 is 14.5 Å². The Bertz CT molecular complexity index is 1530. The lowest BCUT2D eigenvalue weighted by atomic mass is 9.95. The minimum absolute atomic E-state index is 0.0508. The number of benzene rings is 3. The van der Waals surface area contributed by atoms with E-state index in [4.69, 9.17) is 9.72 Å². The zero-order valence-electron chi connectivity index (χ0n) is 21.1. The van der Waals surface area contributed by atoms with E-state index in [0.717, 1.165) is 48.2 Å². The molecule has 0 radical (unpaired) electrons. The molecule has 188 valence electrons. The molecule has 0 N–H and O–H groups in total.